The van der Waals surface area contributed by atoms with Crippen LogP contribution in [0.5, 0.6) is 5.88 Å². The van der Waals surface area contributed by atoms with E-state index in [1.165, 1.54) is 12.8 Å². The lowest BCUT2D eigenvalue weighted by atomic mass is 9.98. The van der Waals surface area contributed by atoms with Gasteiger partial charge in [0.05, 0.1) is 5.52 Å². The fraction of sp³-hybridized carbons (Fsp3) is 0.500. The second-order valence-electron chi connectivity index (χ2n) is 6.39. The molecule has 5 nitrogen and oxygen atoms in total. The molecule has 2 aromatic rings. The Kier molecular flexibility index (Phi) is 3.35. The van der Waals surface area contributed by atoms with Crippen molar-refractivity contribution in [2.45, 2.75) is 43.8 Å². The number of piperidine rings is 1. The number of aromatic nitrogens is 2. The number of nitrogens with zero attached hydrogens (tertiary/aromatic N) is 3. The third-order valence-electron chi connectivity index (χ3n) is 5.08. The molecule has 2 N–H and O–H groups in total. The molecule has 0 aliphatic carbocycles. The van der Waals surface area contributed by atoms with Crippen molar-refractivity contribution in [3.05, 3.63) is 23.4 Å². The van der Waals surface area contributed by atoms with Gasteiger partial charge < -0.3 is 15.3 Å². The van der Waals surface area contributed by atoms with E-state index in [4.69, 9.17) is 11.6 Å². The summed E-state index contributed by atoms with van der Waals surface area (Å²) < 4.78 is 0. The van der Waals surface area contributed by atoms with Gasteiger partial charge >= 0.3 is 0 Å². The molecule has 2 aliphatic heterocycles. The van der Waals surface area contributed by atoms with Gasteiger partial charge in [-0.1, -0.05) is 11.6 Å². The van der Waals surface area contributed by atoms with Crippen LogP contribution >= 0.6 is 11.6 Å². The average Bonchev–Trinajstić information content (AvgIpc) is 2.69. The molecule has 3 atom stereocenters. The Morgan fingerprint density at radius 1 is 1.23 bits per heavy atom. The molecule has 0 spiro atoms. The number of fused-ring (bicyclic) bond motifs is 3. The van der Waals surface area contributed by atoms with Crippen LogP contribution in [0.25, 0.3) is 10.9 Å². The molecule has 0 aromatic carbocycles. The van der Waals surface area contributed by atoms with Crippen LogP contribution in [-0.2, 0) is 0 Å². The van der Waals surface area contributed by atoms with Crippen LogP contribution in [0.4, 0.5) is 5.82 Å². The maximum Gasteiger partial charge on any atom is 0.211 e. The highest BCUT2D eigenvalue weighted by Gasteiger charge is 2.38. The molecule has 22 heavy (non-hydrogen) atoms. The van der Waals surface area contributed by atoms with Crippen molar-refractivity contribution in [1.29, 1.82) is 0 Å². The van der Waals surface area contributed by atoms with Crippen molar-refractivity contribution in [3.63, 3.8) is 0 Å². The summed E-state index contributed by atoms with van der Waals surface area (Å²) in [7, 11) is 2.23. The zero-order chi connectivity index (χ0) is 15.3. The summed E-state index contributed by atoms with van der Waals surface area (Å²) in [5, 5.41) is 14.4. The molecule has 0 amide bonds. The van der Waals surface area contributed by atoms with E-state index in [2.05, 4.69) is 27.2 Å². The van der Waals surface area contributed by atoms with Crippen LogP contribution < -0.4 is 5.32 Å². The van der Waals surface area contributed by atoms with Crippen LogP contribution in [0.15, 0.2) is 18.2 Å². The van der Waals surface area contributed by atoms with Crippen molar-refractivity contribution >= 4 is 28.3 Å². The molecule has 0 unspecified atom stereocenters. The number of halogens is 1. The Bertz CT molecular complexity index is 703. The van der Waals surface area contributed by atoms with Crippen LogP contribution in [0, 0.1) is 0 Å². The first-order valence-corrected chi connectivity index (χ1v) is 8.12. The molecule has 0 saturated carbocycles. The number of hydrogen-bond donors (Lipinski definition) is 2. The Morgan fingerprint density at radius 3 is 2.68 bits per heavy atom. The van der Waals surface area contributed by atoms with Crippen molar-refractivity contribution in [1.82, 2.24) is 14.9 Å². The maximum absolute atomic E-state index is 9.54. The standard InChI is InChI=1S/C16H19ClN4O/c1-21-10-2-3-11(21)7-9(6-10)18-16-12-4-5-15(22)19-13(12)8-14(17)20-16/h4-5,8-11H,2-3,6-7H2,1H3,(H,18,20)(H,19,22)/t9-,10-,11+. The van der Waals surface area contributed by atoms with Gasteiger partial charge in [0.25, 0.3) is 0 Å². The van der Waals surface area contributed by atoms with E-state index < -0.39 is 0 Å². The first-order chi connectivity index (χ1) is 10.6. The third-order valence-corrected chi connectivity index (χ3v) is 5.27. The van der Waals surface area contributed by atoms with E-state index >= 15 is 0 Å². The summed E-state index contributed by atoms with van der Waals surface area (Å²) in [5.74, 6) is 0.766. The second-order valence-corrected chi connectivity index (χ2v) is 6.78. The number of anilines is 1. The summed E-state index contributed by atoms with van der Waals surface area (Å²) in [6.07, 6.45) is 4.85. The Hall–Kier alpha value is -1.59. The lowest BCUT2D eigenvalue weighted by Gasteiger charge is -2.36. The fourth-order valence-corrected chi connectivity index (χ4v) is 4.11. The summed E-state index contributed by atoms with van der Waals surface area (Å²) in [6.45, 7) is 0. The van der Waals surface area contributed by atoms with Crippen LogP contribution in [0.2, 0.25) is 5.15 Å². The molecule has 4 rings (SSSR count). The SMILES string of the molecule is CN1[C@@H]2CC[C@H]1C[C@H](Nc1nc(Cl)cc3nc(O)ccc13)C2. The number of hydrogen-bond acceptors (Lipinski definition) is 5. The molecule has 2 fully saturated rings. The molecular formula is C16H19ClN4O. The third kappa shape index (κ3) is 2.38. The van der Waals surface area contributed by atoms with Crippen molar-refractivity contribution in [3.8, 4) is 5.88 Å². The van der Waals surface area contributed by atoms with Crippen LogP contribution in [0.3, 0.4) is 0 Å². The highest BCUT2D eigenvalue weighted by molar-refractivity contribution is 6.30. The van der Waals surface area contributed by atoms with Gasteiger partial charge in [0, 0.05) is 35.6 Å². The van der Waals surface area contributed by atoms with Gasteiger partial charge in [-0.15, -0.1) is 0 Å². The largest absolute Gasteiger partial charge is 0.493 e. The number of nitrogens with one attached hydrogen (secondary N) is 1. The van der Waals surface area contributed by atoms with Gasteiger partial charge in [0.15, 0.2) is 0 Å². The highest BCUT2D eigenvalue weighted by atomic mass is 35.5. The van der Waals surface area contributed by atoms with Crippen LogP contribution in [-0.4, -0.2) is 45.1 Å². The van der Waals surface area contributed by atoms with Gasteiger partial charge in [0.2, 0.25) is 5.88 Å². The summed E-state index contributed by atoms with van der Waals surface area (Å²) >= 11 is 6.11. The number of pyridine rings is 2. The van der Waals surface area contributed by atoms with Gasteiger partial charge in [0.1, 0.15) is 11.0 Å². The molecule has 0 radical (unpaired) electrons. The zero-order valence-electron chi connectivity index (χ0n) is 12.5. The van der Waals surface area contributed by atoms with Crippen molar-refractivity contribution < 1.29 is 5.11 Å². The fourth-order valence-electron chi connectivity index (χ4n) is 3.92. The molecular weight excluding hydrogens is 300 g/mol. The predicted molar refractivity (Wildman–Crippen MR) is 87.4 cm³/mol. The molecule has 116 valence electrons. The topological polar surface area (TPSA) is 61.3 Å². The minimum atomic E-state index is -0.00180. The zero-order valence-corrected chi connectivity index (χ0v) is 13.2. The summed E-state index contributed by atoms with van der Waals surface area (Å²) in [6, 6.07) is 6.86. The Labute approximate surface area is 134 Å². The second kappa shape index (κ2) is 5.25. The first-order valence-electron chi connectivity index (χ1n) is 7.75. The molecule has 2 aromatic heterocycles. The average molecular weight is 319 g/mol. The lowest BCUT2D eigenvalue weighted by molar-refractivity contribution is 0.169. The smallest absolute Gasteiger partial charge is 0.211 e. The highest BCUT2D eigenvalue weighted by Crippen LogP contribution is 2.36. The molecule has 2 bridgehead atoms. The summed E-state index contributed by atoms with van der Waals surface area (Å²) in [4.78, 5) is 11.1. The van der Waals surface area contributed by atoms with E-state index in [0.717, 1.165) is 24.0 Å². The van der Waals surface area contributed by atoms with Gasteiger partial charge in [-0.2, -0.15) is 0 Å². The molecule has 6 heteroatoms. The minimum Gasteiger partial charge on any atom is -0.493 e. The normalized spacial score (nSPS) is 28.2. The van der Waals surface area contributed by atoms with E-state index in [1.807, 2.05) is 6.07 Å². The molecule has 2 saturated heterocycles. The van der Waals surface area contributed by atoms with Gasteiger partial charge in [-0.05, 0) is 38.8 Å². The van der Waals surface area contributed by atoms with Crippen LogP contribution in [0.1, 0.15) is 25.7 Å². The monoisotopic (exact) mass is 318 g/mol. The minimum absolute atomic E-state index is 0.00180. The first kappa shape index (κ1) is 14.0. The summed E-state index contributed by atoms with van der Waals surface area (Å²) in [5.41, 5.74) is 0.665. The Balaban J connectivity index is 1.64. The maximum atomic E-state index is 9.54. The number of rotatable bonds is 2. The van der Waals surface area contributed by atoms with E-state index in [-0.39, 0.29) is 5.88 Å². The molecule has 2 aliphatic rings. The van der Waals surface area contributed by atoms with E-state index in [0.29, 0.717) is 28.8 Å². The molecule has 4 heterocycles. The van der Waals surface area contributed by atoms with Crippen molar-refractivity contribution in [2.24, 2.45) is 0 Å². The predicted octanol–water partition coefficient (Wildman–Crippen LogP) is 3.03. The van der Waals surface area contributed by atoms with E-state index in [9.17, 15) is 5.11 Å². The quantitative estimate of drug-likeness (QED) is 0.833. The number of aromatic hydroxyl groups is 1. The van der Waals surface area contributed by atoms with E-state index in [1.54, 1.807) is 12.1 Å². The Morgan fingerprint density at radius 2 is 1.95 bits per heavy atom. The van der Waals surface area contributed by atoms with Gasteiger partial charge in [-0.25, -0.2) is 9.97 Å². The van der Waals surface area contributed by atoms with Gasteiger partial charge in [-0.3, -0.25) is 0 Å². The van der Waals surface area contributed by atoms with Crippen molar-refractivity contribution in [2.75, 3.05) is 12.4 Å². The lowest BCUT2D eigenvalue weighted by Crippen LogP contribution is -2.44.